The van der Waals surface area contributed by atoms with Crippen molar-refractivity contribution in [1.82, 2.24) is 4.98 Å². The van der Waals surface area contributed by atoms with Gasteiger partial charge in [0.2, 0.25) is 5.91 Å². The minimum atomic E-state index is -3.69. The van der Waals surface area contributed by atoms with Gasteiger partial charge in [0.05, 0.1) is 10.6 Å². The average molecular weight is 379 g/mol. The number of carbonyl (C=O) groups excluding carboxylic acids is 1. The van der Waals surface area contributed by atoms with E-state index in [1.54, 1.807) is 54.7 Å². The molecule has 3 rings (SSSR count). The summed E-state index contributed by atoms with van der Waals surface area (Å²) in [6.45, 7) is 0. The number of benzene rings is 2. The molecule has 6 nitrogen and oxygen atoms in total. The number of carbonyl (C=O) groups is 1. The van der Waals surface area contributed by atoms with Crippen LogP contribution in [0.4, 0.5) is 11.4 Å². The van der Waals surface area contributed by atoms with Crippen molar-refractivity contribution in [3.8, 4) is 0 Å². The van der Waals surface area contributed by atoms with E-state index >= 15 is 0 Å². The summed E-state index contributed by atoms with van der Waals surface area (Å²) < 4.78 is 27.3. The molecule has 0 saturated heterocycles. The predicted octanol–water partition coefficient (Wildman–Crippen LogP) is 3.53. The van der Waals surface area contributed by atoms with Gasteiger partial charge in [-0.2, -0.15) is 0 Å². The van der Waals surface area contributed by atoms with Crippen LogP contribution in [0.2, 0.25) is 0 Å². The van der Waals surface area contributed by atoms with E-state index in [4.69, 9.17) is 0 Å². The maximum Gasteiger partial charge on any atom is 0.261 e. The Bertz CT molecular complexity index is 1030. The summed E-state index contributed by atoms with van der Waals surface area (Å²) in [5.74, 6) is -0.335. The van der Waals surface area contributed by atoms with Crippen molar-refractivity contribution >= 4 is 33.4 Å². The van der Waals surface area contributed by atoms with Crippen LogP contribution in [-0.2, 0) is 14.8 Å². The maximum absolute atomic E-state index is 12.4. The fourth-order valence-corrected chi connectivity index (χ4v) is 3.32. The number of anilines is 2. The molecule has 136 valence electrons. The molecule has 0 spiro atoms. The van der Waals surface area contributed by atoms with Gasteiger partial charge >= 0.3 is 0 Å². The van der Waals surface area contributed by atoms with Gasteiger partial charge in [0.25, 0.3) is 10.0 Å². The Morgan fingerprint density at radius 2 is 1.56 bits per heavy atom. The summed E-state index contributed by atoms with van der Waals surface area (Å²) in [5.41, 5.74) is 1.64. The van der Waals surface area contributed by atoms with Crippen molar-refractivity contribution < 1.29 is 13.2 Å². The third kappa shape index (κ3) is 5.26. The largest absolute Gasteiger partial charge is 0.323 e. The normalized spacial score (nSPS) is 11.3. The highest BCUT2D eigenvalue weighted by Gasteiger charge is 2.14. The van der Waals surface area contributed by atoms with Gasteiger partial charge in [-0.1, -0.05) is 24.3 Å². The Balaban J connectivity index is 1.64. The lowest BCUT2D eigenvalue weighted by atomic mass is 10.3. The quantitative estimate of drug-likeness (QED) is 0.641. The van der Waals surface area contributed by atoms with Crippen molar-refractivity contribution in [1.29, 1.82) is 0 Å². The number of amides is 1. The number of para-hydroxylation sites is 1. The topological polar surface area (TPSA) is 88.2 Å². The van der Waals surface area contributed by atoms with E-state index in [0.717, 1.165) is 0 Å². The number of nitrogens with one attached hydrogen (secondary N) is 2. The second-order valence-electron chi connectivity index (χ2n) is 5.57. The second kappa shape index (κ2) is 8.29. The number of rotatable bonds is 6. The molecule has 0 radical (unpaired) electrons. The third-order valence-electron chi connectivity index (χ3n) is 3.55. The number of hydrogen-bond acceptors (Lipinski definition) is 4. The first kappa shape index (κ1) is 18.3. The number of hydrogen-bond donors (Lipinski definition) is 2. The van der Waals surface area contributed by atoms with Gasteiger partial charge in [-0.15, -0.1) is 0 Å². The van der Waals surface area contributed by atoms with Crippen LogP contribution >= 0.6 is 0 Å². The molecule has 1 amide bonds. The van der Waals surface area contributed by atoms with Crippen LogP contribution in [0.3, 0.4) is 0 Å². The number of pyridine rings is 1. The fourth-order valence-electron chi connectivity index (χ4n) is 2.26. The van der Waals surface area contributed by atoms with Crippen LogP contribution < -0.4 is 10.0 Å². The van der Waals surface area contributed by atoms with Crippen LogP contribution in [0.25, 0.3) is 6.08 Å². The summed E-state index contributed by atoms with van der Waals surface area (Å²) >= 11 is 0. The molecule has 2 aromatic carbocycles. The predicted molar refractivity (Wildman–Crippen MR) is 106 cm³/mol. The van der Waals surface area contributed by atoms with Crippen molar-refractivity contribution in [2.75, 3.05) is 10.0 Å². The van der Waals surface area contributed by atoms with E-state index in [2.05, 4.69) is 15.0 Å². The molecule has 0 saturated carbocycles. The van der Waals surface area contributed by atoms with Crippen LogP contribution in [0.1, 0.15) is 5.69 Å². The minimum Gasteiger partial charge on any atom is -0.323 e. The lowest BCUT2D eigenvalue weighted by molar-refractivity contribution is -0.111. The highest BCUT2D eigenvalue weighted by Crippen LogP contribution is 2.18. The SMILES string of the molecule is O=C(C=Cc1ccccn1)Nc1ccc(S(=O)(=O)Nc2ccccc2)cc1. The Kier molecular flexibility index (Phi) is 5.63. The third-order valence-corrected chi connectivity index (χ3v) is 4.95. The molecule has 1 heterocycles. The van der Waals surface area contributed by atoms with Crippen molar-refractivity contribution in [3.63, 3.8) is 0 Å². The summed E-state index contributed by atoms with van der Waals surface area (Å²) in [5, 5.41) is 2.67. The smallest absolute Gasteiger partial charge is 0.261 e. The molecule has 0 fully saturated rings. The van der Waals surface area contributed by atoms with Gasteiger partial charge < -0.3 is 5.32 Å². The maximum atomic E-state index is 12.4. The van der Waals surface area contributed by atoms with E-state index in [1.165, 1.54) is 30.3 Å². The second-order valence-corrected chi connectivity index (χ2v) is 7.26. The van der Waals surface area contributed by atoms with Gasteiger partial charge in [0.1, 0.15) is 0 Å². The molecule has 7 heteroatoms. The van der Waals surface area contributed by atoms with Crippen molar-refractivity contribution in [2.24, 2.45) is 0 Å². The van der Waals surface area contributed by atoms with E-state index in [0.29, 0.717) is 17.1 Å². The molecule has 0 unspecified atom stereocenters. The molecule has 0 aliphatic heterocycles. The van der Waals surface area contributed by atoms with Crippen LogP contribution in [0.15, 0.2) is 90.0 Å². The summed E-state index contributed by atoms with van der Waals surface area (Å²) in [6, 6.07) is 20.0. The zero-order chi connectivity index (χ0) is 19.1. The van der Waals surface area contributed by atoms with Crippen molar-refractivity contribution in [2.45, 2.75) is 4.90 Å². The zero-order valence-electron chi connectivity index (χ0n) is 14.2. The molecule has 0 aliphatic rings. The first-order chi connectivity index (χ1) is 13.0. The molecule has 3 aromatic rings. The van der Waals surface area contributed by atoms with Crippen LogP contribution in [0.5, 0.6) is 0 Å². The lowest BCUT2D eigenvalue weighted by Crippen LogP contribution is -2.13. The molecule has 27 heavy (non-hydrogen) atoms. The van der Waals surface area contributed by atoms with Gasteiger partial charge in [-0.05, 0) is 54.6 Å². The Morgan fingerprint density at radius 1 is 0.852 bits per heavy atom. The Hall–Kier alpha value is -3.45. The van der Waals surface area contributed by atoms with E-state index in [1.807, 2.05) is 6.07 Å². The van der Waals surface area contributed by atoms with Gasteiger partial charge in [-0.3, -0.25) is 14.5 Å². The molecule has 2 N–H and O–H groups in total. The highest BCUT2D eigenvalue weighted by atomic mass is 32.2. The highest BCUT2D eigenvalue weighted by molar-refractivity contribution is 7.92. The molecule has 0 bridgehead atoms. The van der Waals surface area contributed by atoms with Crippen LogP contribution in [-0.4, -0.2) is 19.3 Å². The van der Waals surface area contributed by atoms with Gasteiger partial charge in [0.15, 0.2) is 0 Å². The molecule has 0 atom stereocenters. The Labute approximate surface area is 157 Å². The first-order valence-corrected chi connectivity index (χ1v) is 9.59. The fraction of sp³-hybridized carbons (Fsp3) is 0. The Morgan fingerprint density at radius 3 is 2.22 bits per heavy atom. The summed E-state index contributed by atoms with van der Waals surface area (Å²) in [6.07, 6.45) is 4.60. The summed E-state index contributed by atoms with van der Waals surface area (Å²) in [4.78, 5) is 16.1. The van der Waals surface area contributed by atoms with Gasteiger partial charge in [0, 0.05) is 23.6 Å². The lowest BCUT2D eigenvalue weighted by Gasteiger charge is -2.09. The molecule has 0 aliphatic carbocycles. The minimum absolute atomic E-state index is 0.105. The molecular weight excluding hydrogens is 362 g/mol. The van der Waals surface area contributed by atoms with Gasteiger partial charge in [-0.25, -0.2) is 8.42 Å². The van der Waals surface area contributed by atoms with E-state index < -0.39 is 10.0 Å². The zero-order valence-corrected chi connectivity index (χ0v) is 15.1. The molecular formula is C20H17N3O3S. The van der Waals surface area contributed by atoms with E-state index in [9.17, 15) is 13.2 Å². The first-order valence-electron chi connectivity index (χ1n) is 8.11. The van der Waals surface area contributed by atoms with Crippen molar-refractivity contribution in [3.05, 3.63) is 90.8 Å². The average Bonchev–Trinajstić information content (AvgIpc) is 2.68. The summed E-state index contributed by atoms with van der Waals surface area (Å²) in [7, 11) is -3.69. The number of aromatic nitrogens is 1. The number of nitrogens with zero attached hydrogens (tertiary/aromatic N) is 1. The number of sulfonamides is 1. The van der Waals surface area contributed by atoms with Crippen LogP contribution in [0, 0.1) is 0 Å². The standard InChI is InChI=1S/C20H17N3O3S/c24-20(14-11-16-6-4-5-15-21-16)22-17-9-12-19(13-10-17)27(25,26)23-18-7-2-1-3-8-18/h1-15,23H,(H,22,24). The monoisotopic (exact) mass is 379 g/mol. The molecule has 1 aromatic heterocycles. The van der Waals surface area contributed by atoms with E-state index in [-0.39, 0.29) is 10.8 Å².